The van der Waals surface area contributed by atoms with E-state index in [-0.39, 0.29) is 25.9 Å². The van der Waals surface area contributed by atoms with Crippen LogP contribution < -0.4 is 0 Å². The highest BCUT2D eigenvalue weighted by Gasteiger charge is 2.28. The van der Waals surface area contributed by atoms with Crippen LogP contribution in [0.1, 0.15) is 213 Å². The molecule has 3 atom stereocenters. The number of phosphoric acid groups is 1. The maximum absolute atomic E-state index is 12.8. The van der Waals surface area contributed by atoms with Crippen LogP contribution in [0.3, 0.4) is 0 Å². The molecule has 0 aromatic carbocycles. The van der Waals surface area contributed by atoms with Gasteiger partial charge in [0.15, 0.2) is 6.10 Å². The van der Waals surface area contributed by atoms with Crippen molar-refractivity contribution in [3.05, 3.63) is 72.9 Å². The zero-order valence-electron chi connectivity index (χ0n) is 41.6. The van der Waals surface area contributed by atoms with Crippen molar-refractivity contribution >= 4 is 25.7 Å². The molecule has 12 heteroatoms. The van der Waals surface area contributed by atoms with E-state index in [9.17, 15) is 28.9 Å². The molecular formula is C54H93O11P. The van der Waals surface area contributed by atoms with E-state index >= 15 is 0 Å². The molecule has 0 amide bonds. The lowest BCUT2D eigenvalue weighted by molar-refractivity contribution is -0.161. The molecule has 0 aliphatic rings. The van der Waals surface area contributed by atoms with E-state index in [2.05, 4.69) is 81.5 Å². The minimum Gasteiger partial charge on any atom is -0.462 e. The fourth-order valence-corrected chi connectivity index (χ4v) is 7.48. The summed E-state index contributed by atoms with van der Waals surface area (Å²) in [4.78, 5) is 48.2. The van der Waals surface area contributed by atoms with Gasteiger partial charge in [0.1, 0.15) is 12.7 Å². The molecule has 380 valence electrons. The number of allylic oxidation sites excluding steroid dienone is 12. The number of unbranched alkanes of at least 4 members (excludes halogenated alkanes) is 18. The molecule has 3 unspecified atom stereocenters. The summed E-state index contributed by atoms with van der Waals surface area (Å²) in [5.74, 6) is -1.58. The first kappa shape index (κ1) is 62.9. The van der Waals surface area contributed by atoms with Crippen LogP contribution in [0.5, 0.6) is 0 Å². The van der Waals surface area contributed by atoms with Crippen LogP contribution in [-0.2, 0) is 42.2 Å². The number of carbonyl (C=O) groups is 3. The molecule has 0 fully saturated rings. The van der Waals surface area contributed by atoms with Gasteiger partial charge in [-0.3, -0.25) is 23.4 Å². The van der Waals surface area contributed by atoms with Crippen LogP contribution in [-0.4, -0.2) is 66.5 Å². The number of hydrogen-bond donors (Lipinski definition) is 2. The molecule has 0 saturated carbocycles. The van der Waals surface area contributed by atoms with Crippen LogP contribution >= 0.6 is 7.82 Å². The Morgan fingerprint density at radius 1 is 0.439 bits per heavy atom. The van der Waals surface area contributed by atoms with Crippen LogP contribution in [0.2, 0.25) is 0 Å². The van der Waals surface area contributed by atoms with Crippen molar-refractivity contribution in [2.75, 3.05) is 26.4 Å². The van der Waals surface area contributed by atoms with Crippen LogP contribution in [0.25, 0.3) is 0 Å². The van der Waals surface area contributed by atoms with E-state index in [1.807, 2.05) is 12.2 Å². The fourth-order valence-electron chi connectivity index (χ4n) is 6.70. The molecule has 11 nitrogen and oxygen atoms in total. The number of esters is 3. The summed E-state index contributed by atoms with van der Waals surface area (Å²) in [5, 5.41) is 9.77. The first-order chi connectivity index (χ1) is 32.2. The van der Waals surface area contributed by atoms with Crippen molar-refractivity contribution in [2.24, 2.45) is 0 Å². The van der Waals surface area contributed by atoms with Gasteiger partial charge in [0.25, 0.3) is 0 Å². The molecule has 0 aromatic rings. The molecule has 0 radical (unpaired) electrons. The van der Waals surface area contributed by atoms with Gasteiger partial charge in [-0.2, -0.15) is 0 Å². The van der Waals surface area contributed by atoms with Gasteiger partial charge in [0, 0.05) is 19.3 Å². The van der Waals surface area contributed by atoms with Crippen molar-refractivity contribution in [3.8, 4) is 0 Å². The summed E-state index contributed by atoms with van der Waals surface area (Å²) in [6, 6.07) is 0. The first-order valence-electron chi connectivity index (χ1n) is 25.8. The lowest BCUT2D eigenvalue weighted by atomic mass is 10.0. The highest BCUT2D eigenvalue weighted by Crippen LogP contribution is 2.43. The van der Waals surface area contributed by atoms with E-state index in [0.717, 1.165) is 96.3 Å². The maximum atomic E-state index is 12.8. The Labute approximate surface area is 401 Å². The highest BCUT2D eigenvalue weighted by atomic mass is 31.2. The molecule has 0 heterocycles. The molecule has 66 heavy (non-hydrogen) atoms. The highest BCUT2D eigenvalue weighted by molar-refractivity contribution is 7.47. The third-order valence-corrected chi connectivity index (χ3v) is 11.6. The molecule has 0 rings (SSSR count). The van der Waals surface area contributed by atoms with Crippen LogP contribution in [0.4, 0.5) is 0 Å². The van der Waals surface area contributed by atoms with Crippen molar-refractivity contribution in [1.29, 1.82) is 0 Å². The second kappa shape index (κ2) is 48.4. The summed E-state index contributed by atoms with van der Waals surface area (Å²) in [6.45, 7) is 4.35. The van der Waals surface area contributed by atoms with Crippen molar-refractivity contribution < 1.29 is 52.2 Å². The van der Waals surface area contributed by atoms with Crippen LogP contribution in [0, 0.1) is 0 Å². The number of aliphatic hydroxyl groups is 1. The quantitative estimate of drug-likeness (QED) is 0.0197. The molecule has 0 aromatic heterocycles. The topological polar surface area (TPSA) is 155 Å². The van der Waals surface area contributed by atoms with Gasteiger partial charge in [-0.1, -0.05) is 196 Å². The lowest BCUT2D eigenvalue weighted by Gasteiger charge is -2.21. The van der Waals surface area contributed by atoms with E-state index in [1.165, 1.54) is 57.8 Å². The smallest absolute Gasteiger partial charge is 0.462 e. The Balaban J connectivity index is 4.82. The summed E-state index contributed by atoms with van der Waals surface area (Å²) >= 11 is 0. The molecule has 2 N–H and O–H groups in total. The van der Waals surface area contributed by atoms with E-state index in [0.29, 0.717) is 19.3 Å². The van der Waals surface area contributed by atoms with E-state index < -0.39 is 57.8 Å². The molecule has 0 aliphatic carbocycles. The Bertz CT molecular complexity index is 1390. The average Bonchev–Trinajstić information content (AvgIpc) is 3.30. The number of hydrogen-bond acceptors (Lipinski definition) is 10. The van der Waals surface area contributed by atoms with Gasteiger partial charge in [0.05, 0.1) is 19.8 Å². The first-order valence-corrected chi connectivity index (χ1v) is 27.3. The molecule has 0 bridgehead atoms. The summed E-state index contributed by atoms with van der Waals surface area (Å²) in [7, 11) is -4.76. The second-order valence-corrected chi connectivity index (χ2v) is 18.4. The summed E-state index contributed by atoms with van der Waals surface area (Å²) in [5.41, 5.74) is 0. The van der Waals surface area contributed by atoms with Gasteiger partial charge < -0.3 is 24.2 Å². The number of aliphatic hydroxyl groups excluding tert-OH is 1. The zero-order chi connectivity index (χ0) is 48.4. The van der Waals surface area contributed by atoms with Gasteiger partial charge in [-0.25, -0.2) is 4.57 Å². The normalized spacial score (nSPS) is 14.1. The largest absolute Gasteiger partial charge is 0.472 e. The SMILES string of the molecule is CC/C=C\C/C=C\C/C=C\C/C=C\CCC(=O)OC(COC(=O)CCCCCCC/C=C\C/C=C\CCC)COP(=O)(O)OCC(CO)OC(=O)CCCCCCCCCCCCCCC. The van der Waals surface area contributed by atoms with Gasteiger partial charge in [-0.05, 0) is 70.6 Å². The predicted octanol–water partition coefficient (Wildman–Crippen LogP) is 14.6. The van der Waals surface area contributed by atoms with Crippen molar-refractivity contribution in [3.63, 3.8) is 0 Å². The third kappa shape index (κ3) is 46.0. The Morgan fingerprint density at radius 2 is 0.848 bits per heavy atom. The van der Waals surface area contributed by atoms with Crippen LogP contribution in [0.15, 0.2) is 72.9 Å². The standard InChI is InChI=1S/C54H93O11P/c1-4-7-10-13-16-19-22-25-28-31-34-37-40-43-52(56)61-47-51(65-54(58)45-42-39-36-33-30-27-24-21-18-15-12-9-6-3)49-63-66(59,60)62-48-50(46-55)64-53(57)44-41-38-35-32-29-26-23-20-17-14-11-8-5-2/h9-10,12-13,18-19,21-22,27,30,36,39,50-51,55H,4-8,11,14-17,20,23-26,28-29,31-35,37-38,40-49H2,1-3H3,(H,59,60)/b12-9-,13-10-,21-18-,22-19-,30-27-,39-36-. The van der Waals surface area contributed by atoms with Gasteiger partial charge in [-0.15, -0.1) is 0 Å². The Morgan fingerprint density at radius 3 is 1.36 bits per heavy atom. The molecule has 0 spiro atoms. The lowest BCUT2D eigenvalue weighted by Crippen LogP contribution is -2.30. The average molecular weight is 949 g/mol. The van der Waals surface area contributed by atoms with Gasteiger partial charge in [0.2, 0.25) is 0 Å². The van der Waals surface area contributed by atoms with E-state index in [4.69, 9.17) is 23.3 Å². The number of ether oxygens (including phenoxy) is 3. The zero-order valence-corrected chi connectivity index (χ0v) is 42.5. The van der Waals surface area contributed by atoms with Crippen molar-refractivity contribution in [2.45, 2.75) is 226 Å². The van der Waals surface area contributed by atoms with Crippen molar-refractivity contribution in [1.82, 2.24) is 0 Å². The monoisotopic (exact) mass is 949 g/mol. The third-order valence-electron chi connectivity index (χ3n) is 10.6. The summed E-state index contributed by atoms with van der Waals surface area (Å²) in [6.07, 6.45) is 51.8. The van der Waals surface area contributed by atoms with Gasteiger partial charge >= 0.3 is 25.7 Å². The maximum Gasteiger partial charge on any atom is 0.472 e. The van der Waals surface area contributed by atoms with E-state index in [1.54, 1.807) is 0 Å². The predicted molar refractivity (Wildman–Crippen MR) is 270 cm³/mol. The molecular weight excluding hydrogens is 856 g/mol. The number of phosphoric ester groups is 1. The number of carbonyl (C=O) groups excluding carboxylic acids is 3. The molecule has 0 aliphatic heterocycles. The second-order valence-electron chi connectivity index (χ2n) is 17.0. The fraction of sp³-hybridized carbons (Fsp3) is 0.722. The summed E-state index contributed by atoms with van der Waals surface area (Å²) < 4.78 is 39.2. The minimum absolute atomic E-state index is 0.0423. The number of rotatable bonds is 47. The Kier molecular flexibility index (Phi) is 46.1. The molecule has 0 saturated heterocycles. The Hall–Kier alpha value is -3.08. The minimum atomic E-state index is -4.76.